The number of hydrogen-bond acceptors (Lipinski definition) is 5. The van der Waals surface area contributed by atoms with Crippen molar-refractivity contribution in [2.75, 3.05) is 44.7 Å². The number of hydrogen-bond donors (Lipinski definition) is 1. The van der Waals surface area contributed by atoms with E-state index in [0.717, 1.165) is 67.5 Å². The molecule has 1 aromatic carbocycles. The lowest BCUT2D eigenvalue weighted by Crippen LogP contribution is -2.44. The number of nitrogens with zero attached hydrogens (tertiary/aromatic N) is 4. The molecule has 3 rings (SSSR count). The predicted octanol–water partition coefficient (Wildman–Crippen LogP) is 4.75. The van der Waals surface area contributed by atoms with E-state index >= 15 is 0 Å². The topological polar surface area (TPSA) is 43.8 Å². The molecular formula is C26H37N5. The maximum Gasteiger partial charge on any atom is 0.137 e. The molecule has 1 aromatic heterocycles. The lowest BCUT2D eigenvalue weighted by Gasteiger charge is -2.35. The van der Waals surface area contributed by atoms with Gasteiger partial charge < -0.3 is 15.1 Å². The normalized spacial score (nSPS) is 14.0. The van der Waals surface area contributed by atoms with Crippen LogP contribution in [-0.4, -0.2) is 55.4 Å². The molecule has 5 heteroatoms. The predicted molar refractivity (Wildman–Crippen MR) is 135 cm³/mol. The largest absolute Gasteiger partial charge is 0.374 e. The number of anilines is 1. The van der Waals surface area contributed by atoms with Gasteiger partial charge in [0.2, 0.25) is 0 Å². The SMILES string of the molecule is C=CN1CCN(c2ncccc2C(CC)=NC(=C)c2cccc(C)c2)CC1.CCNC. The van der Waals surface area contributed by atoms with E-state index < -0.39 is 0 Å². The van der Waals surface area contributed by atoms with Crippen molar-refractivity contribution >= 4 is 17.2 Å². The van der Waals surface area contributed by atoms with Crippen molar-refractivity contribution in [2.45, 2.75) is 27.2 Å². The molecule has 1 N–H and O–H groups in total. The number of pyridine rings is 1. The molecule has 0 amide bonds. The second-order valence-electron chi connectivity index (χ2n) is 7.52. The van der Waals surface area contributed by atoms with Gasteiger partial charge in [-0.15, -0.1) is 0 Å². The third-order valence-electron chi connectivity index (χ3n) is 5.28. The second-order valence-corrected chi connectivity index (χ2v) is 7.52. The summed E-state index contributed by atoms with van der Waals surface area (Å²) in [5.41, 5.74) is 5.19. The highest BCUT2D eigenvalue weighted by Gasteiger charge is 2.20. The molecule has 2 heterocycles. The highest BCUT2D eigenvalue weighted by Crippen LogP contribution is 2.24. The van der Waals surface area contributed by atoms with E-state index in [1.807, 2.05) is 31.6 Å². The fraction of sp³-hybridized carbons (Fsp3) is 0.385. The van der Waals surface area contributed by atoms with Gasteiger partial charge in [-0.2, -0.15) is 0 Å². The summed E-state index contributed by atoms with van der Waals surface area (Å²) in [6.07, 6.45) is 4.61. The van der Waals surface area contributed by atoms with E-state index in [1.54, 1.807) is 0 Å². The molecule has 31 heavy (non-hydrogen) atoms. The summed E-state index contributed by atoms with van der Waals surface area (Å²) in [4.78, 5) is 14.2. The quantitative estimate of drug-likeness (QED) is 0.658. The van der Waals surface area contributed by atoms with Gasteiger partial charge in [0.1, 0.15) is 5.82 Å². The smallest absolute Gasteiger partial charge is 0.137 e. The number of aryl methyl sites for hydroxylation is 1. The summed E-state index contributed by atoms with van der Waals surface area (Å²) in [6, 6.07) is 12.4. The third-order valence-corrected chi connectivity index (χ3v) is 5.28. The molecule has 5 nitrogen and oxygen atoms in total. The maximum absolute atomic E-state index is 4.89. The summed E-state index contributed by atoms with van der Waals surface area (Å²) >= 11 is 0. The number of benzene rings is 1. The first-order valence-electron chi connectivity index (χ1n) is 11.1. The molecule has 1 aliphatic rings. The number of aliphatic imine (C=N–C) groups is 1. The highest BCUT2D eigenvalue weighted by atomic mass is 15.3. The number of piperazine rings is 1. The summed E-state index contributed by atoms with van der Waals surface area (Å²) in [7, 11) is 1.93. The van der Waals surface area contributed by atoms with Crippen molar-refractivity contribution in [1.29, 1.82) is 0 Å². The van der Waals surface area contributed by atoms with Gasteiger partial charge in [-0.05, 0) is 56.9 Å². The first-order chi connectivity index (χ1) is 15.0. The Morgan fingerprint density at radius 1 is 1.16 bits per heavy atom. The van der Waals surface area contributed by atoms with Crippen LogP contribution in [0.3, 0.4) is 0 Å². The van der Waals surface area contributed by atoms with Gasteiger partial charge in [-0.1, -0.05) is 50.8 Å². The van der Waals surface area contributed by atoms with Crippen LogP contribution in [0.1, 0.15) is 37.0 Å². The van der Waals surface area contributed by atoms with E-state index in [9.17, 15) is 0 Å². The molecule has 0 radical (unpaired) electrons. The minimum Gasteiger partial charge on any atom is -0.374 e. The molecule has 1 fully saturated rings. The van der Waals surface area contributed by atoms with Gasteiger partial charge >= 0.3 is 0 Å². The van der Waals surface area contributed by atoms with Crippen molar-refractivity contribution in [3.63, 3.8) is 0 Å². The van der Waals surface area contributed by atoms with Crippen LogP contribution in [0, 0.1) is 6.92 Å². The average Bonchev–Trinajstić information content (AvgIpc) is 2.82. The Balaban J connectivity index is 0.000000785. The molecule has 1 saturated heterocycles. The summed E-state index contributed by atoms with van der Waals surface area (Å²) in [5, 5.41) is 2.93. The number of rotatable bonds is 7. The Kier molecular flexibility index (Phi) is 9.98. The van der Waals surface area contributed by atoms with Crippen LogP contribution in [0.5, 0.6) is 0 Å². The first kappa shape index (κ1) is 24.4. The zero-order chi connectivity index (χ0) is 22.6. The van der Waals surface area contributed by atoms with Crippen molar-refractivity contribution in [2.24, 2.45) is 4.99 Å². The molecule has 2 aromatic rings. The summed E-state index contributed by atoms with van der Waals surface area (Å²) in [6.45, 7) is 19.2. The molecule has 0 aliphatic carbocycles. The van der Waals surface area contributed by atoms with E-state index in [2.05, 4.69) is 78.3 Å². The van der Waals surface area contributed by atoms with Crippen LogP contribution in [0.15, 0.2) is 66.9 Å². The third kappa shape index (κ3) is 7.07. The number of nitrogens with one attached hydrogen (secondary N) is 1. The van der Waals surface area contributed by atoms with Gasteiger partial charge in [0.25, 0.3) is 0 Å². The van der Waals surface area contributed by atoms with Crippen LogP contribution < -0.4 is 10.2 Å². The molecule has 0 spiro atoms. The molecule has 166 valence electrons. The Labute approximate surface area is 188 Å². The second kappa shape index (κ2) is 12.7. The van der Waals surface area contributed by atoms with Gasteiger partial charge in [0.15, 0.2) is 0 Å². The number of aromatic nitrogens is 1. The van der Waals surface area contributed by atoms with Crippen molar-refractivity contribution in [1.82, 2.24) is 15.2 Å². The lowest BCUT2D eigenvalue weighted by molar-refractivity contribution is 0.349. The fourth-order valence-corrected chi connectivity index (χ4v) is 3.37. The molecular weight excluding hydrogens is 382 g/mol. The molecule has 1 aliphatic heterocycles. The molecule has 0 bridgehead atoms. The average molecular weight is 420 g/mol. The van der Waals surface area contributed by atoms with Crippen LogP contribution in [0.25, 0.3) is 5.70 Å². The monoisotopic (exact) mass is 419 g/mol. The first-order valence-corrected chi connectivity index (χ1v) is 11.1. The standard InChI is InChI=1S/C23H28N4.C3H9N/c1-5-22(25-19(4)20-10-7-9-18(3)17-20)21-11-8-12-24-23(21)27-15-13-26(6-2)14-16-27;1-3-4-2/h6-12,17H,2,4-5,13-16H2,1,3H3;4H,3H2,1-2H3. The molecule has 0 saturated carbocycles. The van der Waals surface area contributed by atoms with Crippen LogP contribution >= 0.6 is 0 Å². The van der Waals surface area contributed by atoms with Crippen molar-refractivity contribution in [3.05, 3.63) is 78.6 Å². The Morgan fingerprint density at radius 3 is 2.45 bits per heavy atom. The van der Waals surface area contributed by atoms with Crippen LogP contribution in [0.2, 0.25) is 0 Å². The molecule has 0 unspecified atom stereocenters. The molecule has 0 atom stereocenters. The Bertz CT molecular complexity index is 877. The van der Waals surface area contributed by atoms with E-state index in [4.69, 9.17) is 4.99 Å². The fourth-order valence-electron chi connectivity index (χ4n) is 3.37. The Morgan fingerprint density at radius 2 is 1.87 bits per heavy atom. The maximum atomic E-state index is 4.89. The van der Waals surface area contributed by atoms with E-state index in [1.165, 1.54) is 5.56 Å². The van der Waals surface area contributed by atoms with Crippen LogP contribution in [0.4, 0.5) is 5.82 Å². The summed E-state index contributed by atoms with van der Waals surface area (Å²) < 4.78 is 0. The zero-order valence-electron chi connectivity index (χ0n) is 19.6. The van der Waals surface area contributed by atoms with E-state index in [-0.39, 0.29) is 0 Å². The van der Waals surface area contributed by atoms with Gasteiger partial charge in [0, 0.05) is 37.9 Å². The van der Waals surface area contributed by atoms with Gasteiger partial charge in [-0.3, -0.25) is 4.99 Å². The lowest BCUT2D eigenvalue weighted by atomic mass is 10.1. The van der Waals surface area contributed by atoms with E-state index in [0.29, 0.717) is 0 Å². The van der Waals surface area contributed by atoms with Crippen molar-refractivity contribution in [3.8, 4) is 0 Å². The van der Waals surface area contributed by atoms with Gasteiger partial charge in [0.05, 0.1) is 11.4 Å². The van der Waals surface area contributed by atoms with Crippen molar-refractivity contribution < 1.29 is 0 Å². The zero-order valence-corrected chi connectivity index (χ0v) is 19.6. The van der Waals surface area contributed by atoms with Gasteiger partial charge in [-0.25, -0.2) is 4.98 Å². The minimum atomic E-state index is 0.793. The highest BCUT2D eigenvalue weighted by molar-refractivity contribution is 6.06. The van der Waals surface area contributed by atoms with Crippen LogP contribution in [-0.2, 0) is 0 Å². The minimum absolute atomic E-state index is 0.793. The Hall–Kier alpha value is -2.92. The summed E-state index contributed by atoms with van der Waals surface area (Å²) in [5.74, 6) is 1.01.